The van der Waals surface area contributed by atoms with E-state index in [4.69, 9.17) is 0 Å². The lowest BCUT2D eigenvalue weighted by atomic mass is 10.3. The smallest absolute Gasteiger partial charge is 0.275 e. The van der Waals surface area contributed by atoms with Crippen LogP contribution in [-0.2, 0) is 4.79 Å². The van der Waals surface area contributed by atoms with Gasteiger partial charge in [0.25, 0.3) is 5.91 Å². The zero-order valence-corrected chi connectivity index (χ0v) is 10.5. The van der Waals surface area contributed by atoms with Gasteiger partial charge >= 0.3 is 0 Å². The maximum absolute atomic E-state index is 11.8. The Kier molecular flexibility index (Phi) is 3.69. The highest BCUT2D eigenvalue weighted by atomic mass is 32.1. The molecule has 0 aliphatic heterocycles. The molecule has 92 valence electrons. The van der Waals surface area contributed by atoms with Gasteiger partial charge < -0.3 is 10.6 Å². The molecule has 0 saturated heterocycles. The normalized spacial score (nSPS) is 9.83. The fourth-order valence-corrected chi connectivity index (χ4v) is 2.04. The lowest BCUT2D eigenvalue weighted by molar-refractivity contribution is -0.114. The lowest BCUT2D eigenvalue weighted by Crippen LogP contribution is -2.12. The van der Waals surface area contributed by atoms with Gasteiger partial charge in [0.05, 0.1) is 0 Å². The first kappa shape index (κ1) is 12.3. The molecule has 2 amide bonds. The Labute approximate surface area is 108 Å². The van der Waals surface area contributed by atoms with Crippen molar-refractivity contribution in [2.45, 2.75) is 6.92 Å². The summed E-state index contributed by atoms with van der Waals surface area (Å²) in [5.41, 5.74) is 0.990. The van der Waals surface area contributed by atoms with Gasteiger partial charge in [0, 0.05) is 18.0 Å². The van der Waals surface area contributed by atoms with Gasteiger partial charge in [0.1, 0.15) is 5.69 Å². The van der Waals surface area contributed by atoms with Crippen LogP contribution in [0.5, 0.6) is 0 Å². The fourth-order valence-electron chi connectivity index (χ4n) is 1.30. The van der Waals surface area contributed by atoms with Gasteiger partial charge in [-0.25, -0.2) is 4.98 Å². The van der Waals surface area contributed by atoms with Crippen LogP contribution in [0.4, 0.5) is 10.8 Å². The minimum Gasteiger partial charge on any atom is -0.321 e. The van der Waals surface area contributed by atoms with Gasteiger partial charge in [0.15, 0.2) is 5.13 Å². The first-order valence-corrected chi connectivity index (χ1v) is 6.12. The second-order valence-electron chi connectivity index (χ2n) is 3.54. The molecule has 18 heavy (non-hydrogen) atoms. The van der Waals surface area contributed by atoms with Crippen LogP contribution in [0.25, 0.3) is 0 Å². The molecule has 0 saturated carbocycles. The number of para-hydroxylation sites is 1. The number of hydrogen-bond donors (Lipinski definition) is 2. The summed E-state index contributed by atoms with van der Waals surface area (Å²) in [6, 6.07) is 9.12. The van der Waals surface area contributed by atoms with Crippen molar-refractivity contribution in [3.8, 4) is 0 Å². The minimum absolute atomic E-state index is 0.209. The average Bonchev–Trinajstić information content (AvgIpc) is 2.78. The Morgan fingerprint density at radius 3 is 2.56 bits per heavy atom. The third kappa shape index (κ3) is 3.14. The number of nitrogens with zero attached hydrogens (tertiary/aromatic N) is 1. The second-order valence-corrected chi connectivity index (χ2v) is 4.40. The highest BCUT2D eigenvalue weighted by Crippen LogP contribution is 2.16. The highest BCUT2D eigenvalue weighted by Gasteiger charge is 2.11. The Hall–Kier alpha value is -2.21. The van der Waals surface area contributed by atoms with E-state index in [9.17, 15) is 9.59 Å². The van der Waals surface area contributed by atoms with Gasteiger partial charge in [0.2, 0.25) is 5.91 Å². The average molecular weight is 261 g/mol. The van der Waals surface area contributed by atoms with Crippen LogP contribution in [0.15, 0.2) is 35.7 Å². The lowest BCUT2D eigenvalue weighted by Gasteiger charge is -2.01. The molecule has 0 unspecified atom stereocenters. The first-order chi connectivity index (χ1) is 8.65. The number of rotatable bonds is 3. The molecular formula is C12H11N3O2S. The Balaban J connectivity index is 2.05. The minimum atomic E-state index is -0.297. The van der Waals surface area contributed by atoms with E-state index in [0.29, 0.717) is 10.8 Å². The van der Waals surface area contributed by atoms with Crippen molar-refractivity contribution in [1.29, 1.82) is 0 Å². The molecule has 0 aliphatic carbocycles. The molecule has 2 aromatic rings. The van der Waals surface area contributed by atoms with Gasteiger partial charge in [-0.2, -0.15) is 0 Å². The molecule has 0 aliphatic rings. The van der Waals surface area contributed by atoms with Crippen LogP contribution in [0.2, 0.25) is 0 Å². The van der Waals surface area contributed by atoms with Gasteiger partial charge in [-0.15, -0.1) is 11.3 Å². The number of amides is 2. The van der Waals surface area contributed by atoms with E-state index in [1.807, 2.05) is 18.2 Å². The molecule has 0 radical (unpaired) electrons. The van der Waals surface area contributed by atoms with Crippen LogP contribution in [-0.4, -0.2) is 16.8 Å². The monoisotopic (exact) mass is 261 g/mol. The molecule has 5 nitrogen and oxygen atoms in total. The van der Waals surface area contributed by atoms with Crippen molar-refractivity contribution in [3.05, 3.63) is 41.4 Å². The first-order valence-electron chi connectivity index (χ1n) is 5.24. The molecule has 0 spiro atoms. The van der Waals surface area contributed by atoms with E-state index < -0.39 is 0 Å². The SMILES string of the molecule is CC(=O)Nc1nc(C(=O)Nc2ccccc2)cs1. The number of thiazole rings is 1. The summed E-state index contributed by atoms with van der Waals surface area (Å²) >= 11 is 1.21. The van der Waals surface area contributed by atoms with E-state index in [-0.39, 0.29) is 17.5 Å². The molecule has 2 rings (SSSR count). The summed E-state index contributed by atoms with van der Waals surface area (Å²) in [5, 5.41) is 7.27. The fraction of sp³-hybridized carbons (Fsp3) is 0.0833. The van der Waals surface area contributed by atoms with E-state index >= 15 is 0 Å². The summed E-state index contributed by atoms with van der Waals surface area (Å²) in [4.78, 5) is 26.7. The van der Waals surface area contributed by atoms with Crippen molar-refractivity contribution in [2.24, 2.45) is 0 Å². The van der Waals surface area contributed by atoms with Crippen LogP contribution in [0.3, 0.4) is 0 Å². The van der Waals surface area contributed by atoms with Crippen molar-refractivity contribution in [3.63, 3.8) is 0 Å². The zero-order chi connectivity index (χ0) is 13.0. The zero-order valence-electron chi connectivity index (χ0n) is 9.64. The summed E-state index contributed by atoms with van der Waals surface area (Å²) in [7, 11) is 0. The maximum atomic E-state index is 11.8. The van der Waals surface area contributed by atoms with E-state index in [0.717, 1.165) is 0 Å². The van der Waals surface area contributed by atoms with Crippen LogP contribution in [0.1, 0.15) is 17.4 Å². The molecule has 0 fully saturated rings. The molecule has 2 N–H and O–H groups in total. The molecular weight excluding hydrogens is 250 g/mol. The number of nitrogens with one attached hydrogen (secondary N) is 2. The molecule has 1 aromatic heterocycles. The van der Waals surface area contributed by atoms with Gasteiger partial charge in [-0.1, -0.05) is 18.2 Å². The van der Waals surface area contributed by atoms with E-state index in [1.54, 1.807) is 17.5 Å². The largest absolute Gasteiger partial charge is 0.321 e. The highest BCUT2D eigenvalue weighted by molar-refractivity contribution is 7.14. The van der Waals surface area contributed by atoms with Crippen LogP contribution >= 0.6 is 11.3 Å². The Morgan fingerprint density at radius 2 is 1.89 bits per heavy atom. The third-order valence-electron chi connectivity index (χ3n) is 2.05. The third-order valence-corrected chi connectivity index (χ3v) is 2.81. The summed E-state index contributed by atoms with van der Waals surface area (Å²) in [5.74, 6) is -0.506. The summed E-state index contributed by atoms with van der Waals surface area (Å²) < 4.78 is 0. The van der Waals surface area contributed by atoms with Crippen LogP contribution in [0, 0.1) is 0 Å². The number of benzene rings is 1. The number of aromatic nitrogens is 1. The van der Waals surface area contributed by atoms with Gasteiger partial charge in [-0.3, -0.25) is 9.59 Å². The van der Waals surface area contributed by atoms with Gasteiger partial charge in [-0.05, 0) is 12.1 Å². The Morgan fingerprint density at radius 1 is 1.17 bits per heavy atom. The molecule has 0 bridgehead atoms. The predicted molar refractivity (Wildman–Crippen MR) is 70.8 cm³/mol. The number of carbonyl (C=O) groups is 2. The summed E-state index contributed by atoms with van der Waals surface area (Å²) in [6.45, 7) is 1.39. The molecule has 1 heterocycles. The number of carbonyl (C=O) groups excluding carboxylic acids is 2. The standard InChI is InChI=1S/C12H11N3O2S/c1-8(16)13-12-15-10(7-18-12)11(17)14-9-5-3-2-4-6-9/h2-7H,1H3,(H,14,17)(H,13,15,16). The predicted octanol–water partition coefficient (Wildman–Crippen LogP) is 2.35. The van der Waals surface area contributed by atoms with E-state index in [1.165, 1.54) is 18.3 Å². The molecule has 6 heteroatoms. The maximum Gasteiger partial charge on any atom is 0.275 e. The molecule has 0 atom stereocenters. The number of hydrogen-bond acceptors (Lipinski definition) is 4. The van der Waals surface area contributed by atoms with Crippen molar-refractivity contribution < 1.29 is 9.59 Å². The molecule has 1 aromatic carbocycles. The second kappa shape index (κ2) is 5.42. The van der Waals surface area contributed by atoms with Crippen LogP contribution < -0.4 is 10.6 Å². The van der Waals surface area contributed by atoms with Crippen molar-refractivity contribution >= 4 is 34.0 Å². The Bertz CT molecular complexity index is 566. The number of anilines is 2. The van der Waals surface area contributed by atoms with Crippen molar-refractivity contribution in [1.82, 2.24) is 4.98 Å². The van der Waals surface area contributed by atoms with Crippen molar-refractivity contribution in [2.75, 3.05) is 10.6 Å². The summed E-state index contributed by atoms with van der Waals surface area (Å²) in [6.07, 6.45) is 0. The quantitative estimate of drug-likeness (QED) is 0.891. The topological polar surface area (TPSA) is 71.1 Å². The van der Waals surface area contributed by atoms with E-state index in [2.05, 4.69) is 15.6 Å².